The number of carbonyl (C=O) groups is 2. The van der Waals surface area contributed by atoms with E-state index >= 15 is 0 Å². The molecule has 0 heterocycles. The van der Waals surface area contributed by atoms with E-state index in [9.17, 15) is 22.4 Å². The number of halogens is 1. The van der Waals surface area contributed by atoms with Crippen molar-refractivity contribution in [3.63, 3.8) is 0 Å². The lowest BCUT2D eigenvalue weighted by molar-refractivity contribution is -0.141. The summed E-state index contributed by atoms with van der Waals surface area (Å²) in [7, 11) is -3.57. The molecule has 3 rings (SSSR count). The average molecular weight is 568 g/mol. The predicted octanol–water partition coefficient (Wildman–Crippen LogP) is 4.93. The Hall–Kier alpha value is -3.72. The summed E-state index contributed by atoms with van der Waals surface area (Å²) in [4.78, 5) is 28.9. The maximum atomic E-state index is 13.8. The molecule has 2 amide bonds. The predicted molar refractivity (Wildman–Crippen MR) is 157 cm³/mol. The number of sulfonamides is 1. The van der Waals surface area contributed by atoms with Crippen LogP contribution < -0.4 is 9.62 Å². The van der Waals surface area contributed by atoms with Crippen molar-refractivity contribution < 1.29 is 22.4 Å². The zero-order valence-electron chi connectivity index (χ0n) is 23.3. The number of anilines is 1. The van der Waals surface area contributed by atoms with Crippen LogP contribution in [-0.4, -0.2) is 50.0 Å². The van der Waals surface area contributed by atoms with Gasteiger partial charge in [-0.1, -0.05) is 67.6 Å². The van der Waals surface area contributed by atoms with Crippen LogP contribution in [0.4, 0.5) is 10.1 Å². The topological polar surface area (TPSA) is 86.8 Å². The molecule has 0 radical (unpaired) electrons. The van der Waals surface area contributed by atoms with Gasteiger partial charge in [-0.3, -0.25) is 13.9 Å². The van der Waals surface area contributed by atoms with Gasteiger partial charge < -0.3 is 10.2 Å². The molecule has 0 saturated heterocycles. The van der Waals surface area contributed by atoms with Crippen molar-refractivity contribution >= 4 is 27.5 Å². The molecule has 0 saturated carbocycles. The Labute approximate surface area is 237 Å². The SMILES string of the molecule is CC[C@@H](C)NC(=O)[C@@H](Cc1ccccc1)N(Cc1ccc(F)cc1)C(=O)CCCN(c1ccccc1)S(C)(=O)=O. The van der Waals surface area contributed by atoms with Gasteiger partial charge in [0.25, 0.3) is 0 Å². The van der Waals surface area contributed by atoms with Crippen LogP contribution >= 0.6 is 0 Å². The van der Waals surface area contributed by atoms with Crippen LogP contribution in [0.1, 0.15) is 44.2 Å². The van der Waals surface area contributed by atoms with Crippen molar-refractivity contribution in [3.05, 3.63) is 102 Å². The molecule has 0 fully saturated rings. The Morgan fingerprint density at radius 1 is 0.900 bits per heavy atom. The van der Waals surface area contributed by atoms with Crippen molar-refractivity contribution in [2.24, 2.45) is 0 Å². The Bertz CT molecular complexity index is 1340. The number of para-hydroxylation sites is 1. The van der Waals surface area contributed by atoms with Gasteiger partial charge in [0.15, 0.2) is 0 Å². The molecule has 0 aliphatic carbocycles. The summed E-state index contributed by atoms with van der Waals surface area (Å²) < 4.78 is 39.9. The van der Waals surface area contributed by atoms with Crippen molar-refractivity contribution in [2.75, 3.05) is 17.1 Å². The van der Waals surface area contributed by atoms with E-state index in [4.69, 9.17) is 0 Å². The molecule has 3 aromatic carbocycles. The number of nitrogens with one attached hydrogen (secondary N) is 1. The lowest BCUT2D eigenvalue weighted by Gasteiger charge is -2.32. The highest BCUT2D eigenvalue weighted by molar-refractivity contribution is 7.92. The molecule has 0 aliphatic heterocycles. The van der Waals surface area contributed by atoms with Crippen molar-refractivity contribution in [1.29, 1.82) is 0 Å². The molecule has 1 N–H and O–H groups in total. The van der Waals surface area contributed by atoms with Gasteiger partial charge in [-0.05, 0) is 55.2 Å². The maximum Gasteiger partial charge on any atom is 0.243 e. The standard InChI is InChI=1S/C31H38FN3O4S/c1-4-24(2)33-31(37)29(22-25-12-7-5-8-13-25)34(23-26-17-19-27(32)20-18-26)30(36)16-11-21-35(40(3,38)39)28-14-9-6-10-15-28/h5-10,12-15,17-20,24,29H,4,11,16,21-23H2,1-3H3,(H,33,37)/t24-,29-/m1/s1. The van der Waals surface area contributed by atoms with Crippen LogP contribution in [-0.2, 0) is 32.6 Å². The summed E-state index contributed by atoms with van der Waals surface area (Å²) >= 11 is 0. The second-order valence-corrected chi connectivity index (χ2v) is 11.9. The fourth-order valence-corrected chi connectivity index (χ4v) is 5.35. The number of hydrogen-bond donors (Lipinski definition) is 1. The molecular weight excluding hydrogens is 529 g/mol. The van der Waals surface area contributed by atoms with Crippen molar-refractivity contribution in [3.8, 4) is 0 Å². The first kappa shape index (κ1) is 30.8. The van der Waals surface area contributed by atoms with Crippen LogP contribution in [0.5, 0.6) is 0 Å². The van der Waals surface area contributed by atoms with Gasteiger partial charge in [0.05, 0.1) is 11.9 Å². The molecule has 2 atom stereocenters. The normalized spacial score (nSPS) is 12.8. The van der Waals surface area contributed by atoms with Crippen molar-refractivity contribution in [2.45, 2.75) is 58.2 Å². The first-order valence-corrected chi connectivity index (χ1v) is 15.3. The highest BCUT2D eigenvalue weighted by Gasteiger charge is 2.31. The van der Waals surface area contributed by atoms with Crippen molar-refractivity contribution in [1.82, 2.24) is 10.2 Å². The lowest BCUT2D eigenvalue weighted by atomic mass is 10.0. The van der Waals surface area contributed by atoms with E-state index in [1.54, 1.807) is 42.5 Å². The summed E-state index contributed by atoms with van der Waals surface area (Å²) in [5.41, 5.74) is 2.11. The Kier molecular flexibility index (Phi) is 11.3. The van der Waals surface area contributed by atoms with Gasteiger partial charge in [0.2, 0.25) is 21.8 Å². The third kappa shape index (κ3) is 9.19. The number of hydrogen-bond acceptors (Lipinski definition) is 4. The number of rotatable bonds is 14. The first-order chi connectivity index (χ1) is 19.1. The number of amides is 2. The minimum Gasteiger partial charge on any atom is -0.352 e. The lowest BCUT2D eigenvalue weighted by Crippen LogP contribution is -2.52. The molecule has 0 bridgehead atoms. The van der Waals surface area contributed by atoms with Gasteiger partial charge in [-0.25, -0.2) is 12.8 Å². The molecule has 0 aliphatic rings. The zero-order valence-corrected chi connectivity index (χ0v) is 24.1. The van der Waals surface area contributed by atoms with Gasteiger partial charge in [0.1, 0.15) is 11.9 Å². The third-order valence-corrected chi connectivity index (χ3v) is 7.93. The molecule has 214 valence electrons. The fourth-order valence-electron chi connectivity index (χ4n) is 4.38. The monoisotopic (exact) mass is 567 g/mol. The fraction of sp³-hybridized carbons (Fsp3) is 0.355. The summed E-state index contributed by atoms with van der Waals surface area (Å²) in [6, 6.07) is 23.2. The van der Waals surface area contributed by atoms with Gasteiger partial charge in [-0.15, -0.1) is 0 Å². The molecular formula is C31H38FN3O4S. The molecule has 7 nitrogen and oxygen atoms in total. The summed E-state index contributed by atoms with van der Waals surface area (Å²) in [5, 5.41) is 3.02. The molecule has 40 heavy (non-hydrogen) atoms. The Morgan fingerprint density at radius 2 is 1.50 bits per heavy atom. The molecule has 0 aromatic heterocycles. The quantitative estimate of drug-likeness (QED) is 0.299. The molecule has 3 aromatic rings. The molecule has 0 spiro atoms. The van der Waals surface area contributed by atoms with E-state index in [2.05, 4.69) is 5.32 Å². The summed E-state index contributed by atoms with van der Waals surface area (Å²) in [6.07, 6.45) is 2.46. The van der Waals surface area contributed by atoms with Gasteiger partial charge in [0, 0.05) is 32.0 Å². The van der Waals surface area contributed by atoms with Crippen LogP contribution in [0.25, 0.3) is 0 Å². The van der Waals surface area contributed by atoms with E-state index in [0.29, 0.717) is 17.7 Å². The first-order valence-electron chi connectivity index (χ1n) is 13.5. The van der Waals surface area contributed by atoms with E-state index in [-0.39, 0.29) is 43.8 Å². The van der Waals surface area contributed by atoms with Crippen LogP contribution in [0.2, 0.25) is 0 Å². The molecule has 0 unspecified atom stereocenters. The van der Waals surface area contributed by atoms with E-state index in [1.807, 2.05) is 44.2 Å². The average Bonchev–Trinajstić information content (AvgIpc) is 2.94. The molecule has 9 heteroatoms. The zero-order chi connectivity index (χ0) is 29.1. The largest absolute Gasteiger partial charge is 0.352 e. The Balaban J connectivity index is 1.88. The van der Waals surface area contributed by atoms with Crippen LogP contribution in [0.3, 0.4) is 0 Å². The minimum atomic E-state index is -3.57. The number of nitrogens with zero attached hydrogens (tertiary/aromatic N) is 2. The van der Waals surface area contributed by atoms with Crippen LogP contribution in [0.15, 0.2) is 84.9 Å². The van der Waals surface area contributed by atoms with E-state index in [0.717, 1.165) is 18.2 Å². The maximum absolute atomic E-state index is 13.8. The Morgan fingerprint density at radius 3 is 2.08 bits per heavy atom. The van der Waals surface area contributed by atoms with E-state index < -0.39 is 21.9 Å². The van der Waals surface area contributed by atoms with Gasteiger partial charge >= 0.3 is 0 Å². The third-order valence-electron chi connectivity index (χ3n) is 6.73. The second-order valence-electron chi connectivity index (χ2n) is 9.95. The number of carbonyl (C=O) groups excluding carboxylic acids is 2. The highest BCUT2D eigenvalue weighted by Crippen LogP contribution is 2.20. The minimum absolute atomic E-state index is 0.0297. The summed E-state index contributed by atoms with van der Waals surface area (Å²) in [6.45, 7) is 4.10. The van der Waals surface area contributed by atoms with E-state index in [1.165, 1.54) is 21.3 Å². The number of benzene rings is 3. The highest BCUT2D eigenvalue weighted by atomic mass is 32.2. The van der Waals surface area contributed by atoms with Gasteiger partial charge in [-0.2, -0.15) is 0 Å². The smallest absolute Gasteiger partial charge is 0.243 e. The van der Waals surface area contributed by atoms with Crippen LogP contribution in [0, 0.1) is 5.82 Å². The second kappa shape index (κ2) is 14.6. The summed E-state index contributed by atoms with van der Waals surface area (Å²) in [5.74, 6) is -0.944.